The molecule has 0 aliphatic rings. The minimum atomic E-state index is -0.287. The number of pyridine rings is 1. The largest absolute Gasteiger partial charge is 0.217 e. The van der Waals surface area contributed by atoms with Gasteiger partial charge in [0, 0.05) is 0 Å². The van der Waals surface area contributed by atoms with Gasteiger partial charge in [0.25, 0.3) is 0 Å². The van der Waals surface area contributed by atoms with Gasteiger partial charge in [-0.2, -0.15) is 5.10 Å². The third-order valence-electron chi connectivity index (χ3n) is 2.53. The van der Waals surface area contributed by atoms with Gasteiger partial charge >= 0.3 is 0 Å². The van der Waals surface area contributed by atoms with Gasteiger partial charge in [0.2, 0.25) is 0 Å². The second-order valence-corrected chi connectivity index (χ2v) is 5.06. The van der Waals surface area contributed by atoms with Crippen LogP contribution in [0.5, 0.6) is 0 Å². The van der Waals surface area contributed by atoms with E-state index in [2.05, 4.69) is 10.1 Å². The van der Waals surface area contributed by atoms with Gasteiger partial charge in [0.15, 0.2) is 5.82 Å². The molecule has 3 nitrogen and oxygen atoms in total. The third kappa shape index (κ3) is 1.87. The summed E-state index contributed by atoms with van der Waals surface area (Å²) < 4.78 is 15.9. The lowest BCUT2D eigenvalue weighted by Crippen LogP contribution is -1.99. The second-order valence-electron chi connectivity index (χ2n) is 3.66. The van der Waals surface area contributed by atoms with Crippen molar-refractivity contribution in [2.24, 2.45) is 0 Å². The first kappa shape index (κ1) is 11.9. The second kappa shape index (κ2) is 4.47. The zero-order valence-corrected chi connectivity index (χ0v) is 11.9. The van der Waals surface area contributed by atoms with E-state index in [1.54, 1.807) is 35.0 Å². The fourth-order valence-corrected chi connectivity index (χ4v) is 2.68. The monoisotopic (exact) mass is 373 g/mol. The van der Waals surface area contributed by atoms with E-state index in [9.17, 15) is 4.39 Å². The predicted molar refractivity (Wildman–Crippen MR) is 76.5 cm³/mol. The van der Waals surface area contributed by atoms with E-state index in [1.807, 2.05) is 22.6 Å². The van der Waals surface area contributed by atoms with Crippen molar-refractivity contribution in [2.45, 2.75) is 0 Å². The van der Waals surface area contributed by atoms with Crippen LogP contribution in [0.2, 0.25) is 5.15 Å². The van der Waals surface area contributed by atoms with Gasteiger partial charge in [-0.1, -0.05) is 23.7 Å². The molecular formula is C12H6ClFIN3. The molecule has 0 saturated carbocycles. The molecule has 6 heteroatoms. The molecule has 0 fully saturated rings. The van der Waals surface area contributed by atoms with Crippen LogP contribution in [0.3, 0.4) is 0 Å². The predicted octanol–water partition coefficient (Wildman–Crippen LogP) is 3.82. The summed E-state index contributed by atoms with van der Waals surface area (Å²) in [7, 11) is 0. The third-order valence-corrected chi connectivity index (χ3v) is 3.50. The molecule has 90 valence electrons. The number of fused-ring (bicyclic) bond motifs is 1. The maximum atomic E-state index is 13.8. The Hall–Kier alpha value is -1.21. The molecule has 3 aromatic rings. The average molecular weight is 374 g/mol. The first-order valence-corrected chi connectivity index (χ1v) is 6.58. The van der Waals surface area contributed by atoms with Crippen molar-refractivity contribution in [3.8, 4) is 5.82 Å². The van der Waals surface area contributed by atoms with Crippen LogP contribution in [-0.4, -0.2) is 14.8 Å². The van der Waals surface area contributed by atoms with E-state index in [4.69, 9.17) is 11.6 Å². The molecule has 0 aliphatic heterocycles. The molecule has 0 radical (unpaired) electrons. The van der Waals surface area contributed by atoms with Crippen LogP contribution in [0.25, 0.3) is 16.7 Å². The summed E-state index contributed by atoms with van der Waals surface area (Å²) in [5.74, 6) is 0.284. The number of rotatable bonds is 1. The van der Waals surface area contributed by atoms with Crippen LogP contribution in [-0.2, 0) is 0 Å². The summed E-state index contributed by atoms with van der Waals surface area (Å²) in [6.45, 7) is 0. The standard InChI is InChI=1S/C12H6ClFIN3/c13-9-5-2-6-10(16-9)18-8-4-1-3-7(14)11(8)12(15)17-18/h1-6H. The van der Waals surface area contributed by atoms with Crippen molar-refractivity contribution in [2.75, 3.05) is 0 Å². The molecule has 0 saturated heterocycles. The van der Waals surface area contributed by atoms with Crippen molar-refractivity contribution in [3.05, 3.63) is 51.1 Å². The lowest BCUT2D eigenvalue weighted by atomic mass is 10.2. The Morgan fingerprint density at radius 1 is 1.17 bits per heavy atom. The maximum absolute atomic E-state index is 13.8. The summed E-state index contributed by atoms with van der Waals surface area (Å²) in [5.41, 5.74) is 0.675. The summed E-state index contributed by atoms with van der Waals surface area (Å²) in [5, 5.41) is 5.18. The van der Waals surface area contributed by atoms with Crippen molar-refractivity contribution in [1.82, 2.24) is 14.8 Å². The van der Waals surface area contributed by atoms with E-state index in [0.29, 0.717) is 25.6 Å². The van der Waals surface area contributed by atoms with E-state index in [-0.39, 0.29) is 5.82 Å². The van der Waals surface area contributed by atoms with Crippen LogP contribution in [0.1, 0.15) is 0 Å². The first-order valence-electron chi connectivity index (χ1n) is 5.12. The first-order chi connectivity index (χ1) is 8.66. The lowest BCUT2D eigenvalue weighted by Gasteiger charge is -2.02. The van der Waals surface area contributed by atoms with Crippen LogP contribution < -0.4 is 0 Å². The van der Waals surface area contributed by atoms with Crippen molar-refractivity contribution in [1.29, 1.82) is 0 Å². The highest BCUT2D eigenvalue weighted by molar-refractivity contribution is 14.1. The molecular weight excluding hydrogens is 368 g/mol. The molecule has 2 heterocycles. The summed E-state index contributed by atoms with van der Waals surface area (Å²) in [6.07, 6.45) is 0. The Bertz CT molecular complexity index is 741. The van der Waals surface area contributed by atoms with Gasteiger partial charge in [-0.25, -0.2) is 14.1 Å². The number of aromatic nitrogens is 3. The van der Waals surface area contributed by atoms with Gasteiger partial charge in [-0.15, -0.1) is 0 Å². The SMILES string of the molecule is Fc1cccc2c1c(I)nn2-c1cccc(Cl)n1. The van der Waals surface area contributed by atoms with Gasteiger partial charge in [-0.05, 0) is 46.9 Å². The Kier molecular flexibility index (Phi) is 2.95. The lowest BCUT2D eigenvalue weighted by molar-refractivity contribution is 0.639. The van der Waals surface area contributed by atoms with Gasteiger partial charge in [0.05, 0.1) is 10.9 Å². The Morgan fingerprint density at radius 3 is 2.72 bits per heavy atom. The molecule has 18 heavy (non-hydrogen) atoms. The average Bonchev–Trinajstić information content (AvgIpc) is 2.68. The summed E-state index contributed by atoms with van der Waals surface area (Å²) in [6, 6.07) is 10.1. The Labute approximate surface area is 121 Å². The Morgan fingerprint density at radius 2 is 1.94 bits per heavy atom. The highest BCUT2D eigenvalue weighted by atomic mass is 127. The normalized spacial score (nSPS) is 11.1. The number of hydrogen-bond acceptors (Lipinski definition) is 2. The molecule has 0 unspecified atom stereocenters. The van der Waals surface area contributed by atoms with Gasteiger partial charge < -0.3 is 0 Å². The minimum absolute atomic E-state index is 0.287. The zero-order chi connectivity index (χ0) is 12.7. The van der Waals surface area contributed by atoms with Crippen LogP contribution in [0, 0.1) is 9.52 Å². The molecule has 0 amide bonds. The van der Waals surface area contributed by atoms with Crippen LogP contribution >= 0.6 is 34.2 Å². The Balaban J connectivity index is 2.34. The maximum Gasteiger partial charge on any atom is 0.155 e. The zero-order valence-electron chi connectivity index (χ0n) is 8.94. The summed E-state index contributed by atoms with van der Waals surface area (Å²) >= 11 is 7.86. The molecule has 0 atom stereocenters. The number of nitrogens with zero attached hydrogens (tertiary/aromatic N) is 3. The fourth-order valence-electron chi connectivity index (χ4n) is 1.78. The van der Waals surface area contributed by atoms with Crippen molar-refractivity contribution >= 4 is 45.1 Å². The number of halogens is 3. The van der Waals surface area contributed by atoms with Crippen LogP contribution in [0.4, 0.5) is 4.39 Å². The quantitative estimate of drug-likeness (QED) is 0.480. The molecule has 0 aliphatic carbocycles. The summed E-state index contributed by atoms with van der Waals surface area (Å²) in [4.78, 5) is 4.18. The molecule has 3 rings (SSSR count). The van der Waals surface area contributed by atoms with Gasteiger partial charge in [0.1, 0.15) is 14.7 Å². The number of hydrogen-bond donors (Lipinski definition) is 0. The molecule has 2 aromatic heterocycles. The smallest absolute Gasteiger partial charge is 0.155 e. The van der Waals surface area contributed by atoms with E-state index in [1.165, 1.54) is 6.07 Å². The van der Waals surface area contributed by atoms with Crippen molar-refractivity contribution < 1.29 is 4.39 Å². The highest BCUT2D eigenvalue weighted by Gasteiger charge is 2.14. The van der Waals surface area contributed by atoms with Gasteiger partial charge in [-0.3, -0.25) is 0 Å². The topological polar surface area (TPSA) is 30.7 Å². The van der Waals surface area contributed by atoms with E-state index in [0.717, 1.165) is 0 Å². The molecule has 0 N–H and O–H groups in total. The highest BCUT2D eigenvalue weighted by Crippen LogP contribution is 2.25. The molecule has 1 aromatic carbocycles. The number of benzene rings is 1. The van der Waals surface area contributed by atoms with Crippen LogP contribution in [0.15, 0.2) is 36.4 Å². The van der Waals surface area contributed by atoms with E-state index >= 15 is 0 Å². The van der Waals surface area contributed by atoms with Crippen molar-refractivity contribution in [3.63, 3.8) is 0 Å². The fraction of sp³-hybridized carbons (Fsp3) is 0. The van der Waals surface area contributed by atoms with E-state index < -0.39 is 0 Å². The molecule has 0 spiro atoms. The minimum Gasteiger partial charge on any atom is -0.217 e. The molecule has 0 bridgehead atoms.